The van der Waals surface area contributed by atoms with E-state index in [0.29, 0.717) is 0 Å². The molecule has 0 bridgehead atoms. The predicted molar refractivity (Wildman–Crippen MR) is 90.5 cm³/mol. The first-order valence-electron chi connectivity index (χ1n) is 7.68. The Balaban J connectivity index is 2.02. The van der Waals surface area contributed by atoms with Crippen molar-refractivity contribution >= 4 is 21.5 Å². The zero-order valence-electron chi connectivity index (χ0n) is 14.2. The van der Waals surface area contributed by atoms with Crippen LogP contribution in [0.3, 0.4) is 0 Å². The number of nitrogens with zero attached hydrogens (tertiary/aromatic N) is 2. The molecular weight excluding hydrogens is 426 g/mol. The maximum absolute atomic E-state index is 11.8. The molecule has 1 aromatic rings. The number of aromatic nitrogens is 2. The van der Waals surface area contributed by atoms with Gasteiger partial charge in [-0.15, -0.1) is 0 Å². The number of hydrogen-bond acceptors (Lipinski definition) is 12. The topological polar surface area (TPSA) is 239 Å². The summed E-state index contributed by atoms with van der Waals surface area (Å²) in [6.45, 7) is -1.40. The Morgan fingerprint density at radius 3 is 2.46 bits per heavy atom. The minimum absolute atomic E-state index is 0.0715. The Morgan fingerprint density at radius 2 is 1.86 bits per heavy atom. The number of nitrogen functional groups attached to an aromatic ring is 1. The van der Waals surface area contributed by atoms with Crippen molar-refractivity contribution in [1.29, 1.82) is 0 Å². The van der Waals surface area contributed by atoms with Crippen molar-refractivity contribution in [1.82, 2.24) is 9.55 Å². The highest BCUT2D eigenvalue weighted by Crippen LogP contribution is 2.60. The van der Waals surface area contributed by atoms with Crippen LogP contribution in [0.4, 0.5) is 5.82 Å². The van der Waals surface area contributed by atoms with Crippen LogP contribution in [0.1, 0.15) is 6.23 Å². The first kappa shape index (κ1) is 23.1. The smallest absolute Gasteiger partial charge is 0.387 e. The summed E-state index contributed by atoms with van der Waals surface area (Å²) in [6, 6.07) is 1.25. The van der Waals surface area contributed by atoms with Gasteiger partial charge in [-0.2, -0.15) is 9.29 Å². The van der Waals surface area contributed by atoms with Crippen molar-refractivity contribution in [3.63, 3.8) is 0 Å². The van der Waals surface area contributed by atoms with Crippen LogP contribution in [0.5, 0.6) is 0 Å². The van der Waals surface area contributed by atoms with Crippen molar-refractivity contribution in [2.45, 2.75) is 24.5 Å². The van der Waals surface area contributed by atoms with Gasteiger partial charge in [-0.3, -0.25) is 13.6 Å². The molecule has 0 aliphatic carbocycles. The normalized spacial score (nSPS) is 29.3. The second-order valence-corrected chi connectivity index (χ2v) is 8.57. The third-order valence-corrected chi connectivity index (χ3v) is 6.08. The Hall–Kier alpha value is -1.22. The molecule has 28 heavy (non-hydrogen) atoms. The van der Waals surface area contributed by atoms with Gasteiger partial charge in [0.25, 0.3) is 0 Å². The minimum Gasteiger partial charge on any atom is -0.387 e. The molecule has 0 spiro atoms. The number of phosphoric acid groups is 2. The highest BCUT2D eigenvalue weighted by atomic mass is 31.3. The molecule has 1 aromatic heterocycles. The monoisotopic (exact) mass is 446 g/mol. The molecule has 2 rings (SSSR count). The Morgan fingerprint density at radius 1 is 1.21 bits per heavy atom. The molecular formula is C11H20N4O11P2. The predicted octanol–water partition coefficient (Wildman–Crippen LogP) is -2.35. The second-order valence-electron chi connectivity index (χ2n) is 5.52. The van der Waals surface area contributed by atoms with E-state index in [-0.39, 0.29) is 12.4 Å². The van der Waals surface area contributed by atoms with Gasteiger partial charge >= 0.3 is 21.3 Å². The first-order valence-corrected chi connectivity index (χ1v) is 10.7. The van der Waals surface area contributed by atoms with Gasteiger partial charge in [0, 0.05) is 12.7 Å². The molecule has 0 radical (unpaired) electrons. The van der Waals surface area contributed by atoms with Gasteiger partial charge in [-0.05, 0) is 6.07 Å². The number of ether oxygens (including phenoxy) is 1. The van der Waals surface area contributed by atoms with E-state index < -0.39 is 59.1 Å². The summed E-state index contributed by atoms with van der Waals surface area (Å²) in [4.78, 5) is 34.1. The van der Waals surface area contributed by atoms with Gasteiger partial charge in [0.15, 0.2) is 6.23 Å². The lowest BCUT2D eigenvalue weighted by atomic mass is 10.1. The van der Waals surface area contributed by atoms with Crippen LogP contribution >= 0.6 is 15.6 Å². The minimum atomic E-state index is -5.11. The summed E-state index contributed by atoms with van der Waals surface area (Å²) in [6.07, 6.45) is -4.86. The summed E-state index contributed by atoms with van der Waals surface area (Å²) in [7, 11) is -10.0. The maximum atomic E-state index is 11.8. The van der Waals surface area contributed by atoms with Gasteiger partial charge < -0.3 is 36.2 Å². The molecule has 17 heteroatoms. The molecule has 0 saturated carbocycles. The van der Waals surface area contributed by atoms with Crippen molar-refractivity contribution in [2.24, 2.45) is 5.73 Å². The van der Waals surface area contributed by atoms with E-state index in [9.17, 15) is 33.9 Å². The van der Waals surface area contributed by atoms with E-state index in [2.05, 4.69) is 18.3 Å². The standard InChI is InChI=1S/C11H20N4O11P2/c12-2-4-23-27(19,20)26-28(21,22)24-5-6-8(16)9(17)10(25-6)15-3-1-7(13)14-11(15)18/h1,3,6,8-10,16-17H,2,4-5,12H2,(H,19,20)(H,21,22)(H2,13,14,18)/t6-,8-,9+,10-/m1/s1. The van der Waals surface area contributed by atoms with Crippen LogP contribution in [-0.2, 0) is 27.2 Å². The molecule has 1 saturated heterocycles. The number of anilines is 1. The van der Waals surface area contributed by atoms with Gasteiger partial charge in [0.1, 0.15) is 24.1 Å². The average Bonchev–Trinajstić information content (AvgIpc) is 2.86. The van der Waals surface area contributed by atoms with Crippen LogP contribution in [0, 0.1) is 0 Å². The van der Waals surface area contributed by atoms with Crippen LogP contribution in [0.15, 0.2) is 17.1 Å². The molecule has 15 nitrogen and oxygen atoms in total. The molecule has 160 valence electrons. The molecule has 2 heterocycles. The van der Waals surface area contributed by atoms with E-state index in [0.717, 1.165) is 4.57 Å². The van der Waals surface area contributed by atoms with E-state index in [4.69, 9.17) is 16.2 Å². The summed E-state index contributed by atoms with van der Waals surface area (Å²) < 4.78 is 42.2. The van der Waals surface area contributed by atoms with Crippen molar-refractivity contribution < 1.29 is 47.2 Å². The number of phosphoric ester groups is 2. The quantitative estimate of drug-likeness (QED) is 0.218. The molecule has 8 N–H and O–H groups in total. The van der Waals surface area contributed by atoms with Crippen molar-refractivity contribution in [3.05, 3.63) is 22.7 Å². The van der Waals surface area contributed by atoms with E-state index in [1.807, 2.05) is 0 Å². The van der Waals surface area contributed by atoms with Crippen LogP contribution < -0.4 is 17.2 Å². The second kappa shape index (κ2) is 9.07. The Kier molecular flexibility index (Phi) is 7.47. The summed E-state index contributed by atoms with van der Waals surface area (Å²) in [5.41, 5.74) is 9.56. The fourth-order valence-electron chi connectivity index (χ4n) is 2.23. The molecule has 6 atom stereocenters. The summed E-state index contributed by atoms with van der Waals surface area (Å²) in [5, 5.41) is 20.1. The number of aliphatic hydroxyl groups is 2. The SMILES string of the molecule is NCCOP(=O)(O)OP(=O)(O)OC[C@H]1O[C@@H](n2ccc(N)nc2=O)[C@@H](O)[C@@H]1O. The summed E-state index contributed by atoms with van der Waals surface area (Å²) in [5.74, 6) is -0.0715. The zero-order chi connectivity index (χ0) is 21.1. The molecule has 1 aliphatic rings. The lowest BCUT2D eigenvalue weighted by molar-refractivity contribution is -0.0542. The van der Waals surface area contributed by atoms with E-state index in [1.165, 1.54) is 12.3 Å². The number of nitrogens with two attached hydrogens (primary N) is 2. The summed E-state index contributed by atoms with van der Waals surface area (Å²) >= 11 is 0. The molecule has 1 aliphatic heterocycles. The Bertz CT molecular complexity index is 835. The van der Waals surface area contributed by atoms with Crippen LogP contribution in [-0.4, -0.2) is 67.6 Å². The zero-order valence-corrected chi connectivity index (χ0v) is 16.0. The third kappa shape index (κ3) is 5.89. The van der Waals surface area contributed by atoms with Crippen LogP contribution in [0.2, 0.25) is 0 Å². The van der Waals surface area contributed by atoms with Gasteiger partial charge in [-0.1, -0.05) is 0 Å². The van der Waals surface area contributed by atoms with Crippen molar-refractivity contribution in [2.75, 3.05) is 25.5 Å². The highest BCUT2D eigenvalue weighted by Gasteiger charge is 2.46. The number of aliphatic hydroxyl groups excluding tert-OH is 2. The fraction of sp³-hybridized carbons (Fsp3) is 0.636. The molecule has 2 unspecified atom stereocenters. The Labute approximate surface area is 157 Å². The maximum Gasteiger partial charge on any atom is 0.481 e. The van der Waals surface area contributed by atoms with Gasteiger partial charge in [0.05, 0.1) is 13.2 Å². The lowest BCUT2D eigenvalue weighted by Crippen LogP contribution is -2.36. The molecule has 0 amide bonds. The van der Waals surface area contributed by atoms with Crippen LogP contribution in [0.25, 0.3) is 0 Å². The fourth-order valence-corrected chi connectivity index (χ4v) is 4.32. The lowest BCUT2D eigenvalue weighted by Gasteiger charge is -2.19. The van der Waals surface area contributed by atoms with E-state index >= 15 is 0 Å². The van der Waals surface area contributed by atoms with Gasteiger partial charge in [-0.25, -0.2) is 13.9 Å². The number of hydrogen-bond donors (Lipinski definition) is 6. The average molecular weight is 446 g/mol. The van der Waals surface area contributed by atoms with E-state index in [1.54, 1.807) is 0 Å². The first-order chi connectivity index (χ1) is 13.0. The highest BCUT2D eigenvalue weighted by molar-refractivity contribution is 7.61. The molecule has 1 fully saturated rings. The van der Waals surface area contributed by atoms with Gasteiger partial charge in [0.2, 0.25) is 0 Å². The largest absolute Gasteiger partial charge is 0.481 e. The third-order valence-electron chi connectivity index (χ3n) is 3.44. The molecule has 0 aromatic carbocycles. The number of rotatable bonds is 9. The van der Waals surface area contributed by atoms with Crippen molar-refractivity contribution in [3.8, 4) is 0 Å².